The Morgan fingerprint density at radius 3 is 2.70 bits per heavy atom. The molecule has 116 valence electrons. The molecule has 0 radical (unpaired) electrons. The van der Waals surface area contributed by atoms with E-state index in [4.69, 9.17) is 0 Å². The highest BCUT2D eigenvalue weighted by Gasteiger charge is 2.13. The van der Waals surface area contributed by atoms with Gasteiger partial charge < -0.3 is 5.32 Å². The molecule has 2 aromatic heterocycles. The predicted octanol–water partition coefficient (Wildman–Crippen LogP) is 3.83. The number of thiazole rings is 1. The second-order valence-electron chi connectivity index (χ2n) is 4.98. The maximum Gasteiger partial charge on any atom is 0.230 e. The third-order valence-electron chi connectivity index (χ3n) is 3.31. The summed E-state index contributed by atoms with van der Waals surface area (Å²) in [7, 11) is 0. The van der Waals surface area contributed by atoms with Gasteiger partial charge in [-0.2, -0.15) is 0 Å². The first-order chi connectivity index (χ1) is 11.1. The zero-order valence-corrected chi connectivity index (χ0v) is 13.2. The van der Waals surface area contributed by atoms with Gasteiger partial charge in [0.1, 0.15) is 5.82 Å². The summed E-state index contributed by atoms with van der Waals surface area (Å²) in [4.78, 5) is 21.5. The fourth-order valence-electron chi connectivity index (χ4n) is 2.21. The minimum atomic E-state index is -0.379. The van der Waals surface area contributed by atoms with Crippen molar-refractivity contribution < 1.29 is 9.18 Å². The number of aromatic nitrogens is 2. The van der Waals surface area contributed by atoms with Crippen molar-refractivity contribution in [3.05, 3.63) is 65.0 Å². The van der Waals surface area contributed by atoms with Gasteiger partial charge in [0.15, 0.2) is 5.13 Å². The summed E-state index contributed by atoms with van der Waals surface area (Å²) in [6.07, 6.45) is 3.38. The van der Waals surface area contributed by atoms with Gasteiger partial charge in [-0.3, -0.25) is 9.78 Å². The Morgan fingerprint density at radius 2 is 1.96 bits per heavy atom. The van der Waals surface area contributed by atoms with E-state index in [2.05, 4.69) is 15.3 Å². The fraction of sp³-hybridized carbons (Fsp3) is 0.118. The van der Waals surface area contributed by atoms with E-state index in [9.17, 15) is 9.18 Å². The van der Waals surface area contributed by atoms with Crippen molar-refractivity contribution in [3.8, 4) is 11.3 Å². The lowest BCUT2D eigenvalue weighted by molar-refractivity contribution is -0.115. The van der Waals surface area contributed by atoms with E-state index >= 15 is 0 Å². The SMILES string of the molecule is Cc1sc(NC(=O)Cc2ccccc2F)nc1-c1ccncc1. The first kappa shape index (κ1) is 15.3. The third kappa shape index (κ3) is 3.60. The maximum absolute atomic E-state index is 13.6. The van der Waals surface area contributed by atoms with Gasteiger partial charge in [0.2, 0.25) is 5.91 Å². The molecule has 0 aliphatic carbocycles. The van der Waals surface area contributed by atoms with Gasteiger partial charge in [-0.15, -0.1) is 11.3 Å². The molecule has 3 aromatic rings. The molecular weight excluding hydrogens is 313 g/mol. The monoisotopic (exact) mass is 327 g/mol. The van der Waals surface area contributed by atoms with Crippen LogP contribution in [0.2, 0.25) is 0 Å². The molecule has 0 fully saturated rings. The number of halogens is 1. The molecule has 6 heteroatoms. The molecule has 0 unspecified atom stereocenters. The Hall–Kier alpha value is -2.60. The molecular formula is C17H14FN3OS. The number of hydrogen-bond acceptors (Lipinski definition) is 4. The van der Waals surface area contributed by atoms with Crippen molar-refractivity contribution in [1.29, 1.82) is 0 Å². The van der Waals surface area contributed by atoms with E-state index in [1.165, 1.54) is 17.4 Å². The molecule has 4 nitrogen and oxygen atoms in total. The number of nitrogens with zero attached hydrogens (tertiary/aromatic N) is 2. The van der Waals surface area contributed by atoms with E-state index < -0.39 is 0 Å². The molecule has 1 amide bonds. The number of rotatable bonds is 4. The summed E-state index contributed by atoms with van der Waals surface area (Å²) in [5, 5.41) is 3.24. The average Bonchev–Trinajstić information content (AvgIpc) is 2.91. The van der Waals surface area contributed by atoms with Crippen LogP contribution in [0.4, 0.5) is 9.52 Å². The van der Waals surface area contributed by atoms with Crippen LogP contribution in [0.3, 0.4) is 0 Å². The number of nitrogens with one attached hydrogen (secondary N) is 1. The van der Waals surface area contributed by atoms with Crippen LogP contribution in [0.5, 0.6) is 0 Å². The van der Waals surface area contributed by atoms with Crippen LogP contribution in [0.15, 0.2) is 48.8 Å². The number of anilines is 1. The molecule has 3 rings (SSSR count). The van der Waals surface area contributed by atoms with E-state index in [1.54, 1.807) is 30.6 Å². The van der Waals surface area contributed by atoms with Crippen molar-refractivity contribution in [2.75, 3.05) is 5.32 Å². The van der Waals surface area contributed by atoms with Crippen molar-refractivity contribution in [1.82, 2.24) is 9.97 Å². The van der Waals surface area contributed by atoms with E-state index in [0.717, 1.165) is 16.1 Å². The lowest BCUT2D eigenvalue weighted by Crippen LogP contribution is -2.15. The van der Waals surface area contributed by atoms with Crippen molar-refractivity contribution >= 4 is 22.4 Å². The molecule has 0 spiro atoms. The van der Waals surface area contributed by atoms with Crippen LogP contribution in [-0.2, 0) is 11.2 Å². The quantitative estimate of drug-likeness (QED) is 0.792. The summed E-state index contributed by atoms with van der Waals surface area (Å²) in [5.74, 6) is -0.666. The third-order valence-corrected chi connectivity index (χ3v) is 4.19. The van der Waals surface area contributed by atoms with E-state index in [1.807, 2.05) is 19.1 Å². The topological polar surface area (TPSA) is 54.9 Å². The van der Waals surface area contributed by atoms with E-state index in [0.29, 0.717) is 10.7 Å². The highest BCUT2D eigenvalue weighted by molar-refractivity contribution is 7.16. The average molecular weight is 327 g/mol. The molecule has 0 aliphatic heterocycles. The summed E-state index contributed by atoms with van der Waals surface area (Å²) in [6, 6.07) is 9.99. The van der Waals surface area contributed by atoms with Gasteiger partial charge in [0.05, 0.1) is 12.1 Å². The first-order valence-electron chi connectivity index (χ1n) is 7.04. The molecule has 0 saturated heterocycles. The highest BCUT2D eigenvalue weighted by Crippen LogP contribution is 2.30. The molecule has 0 atom stereocenters. The van der Waals surface area contributed by atoms with Crippen LogP contribution < -0.4 is 5.32 Å². The van der Waals surface area contributed by atoms with Crippen LogP contribution in [-0.4, -0.2) is 15.9 Å². The van der Waals surface area contributed by atoms with Crippen LogP contribution in [0, 0.1) is 12.7 Å². The first-order valence-corrected chi connectivity index (χ1v) is 7.86. The van der Waals surface area contributed by atoms with E-state index in [-0.39, 0.29) is 18.1 Å². The normalized spacial score (nSPS) is 10.5. The van der Waals surface area contributed by atoms with Gasteiger partial charge in [0, 0.05) is 22.8 Å². The van der Waals surface area contributed by atoms with Crippen molar-refractivity contribution in [3.63, 3.8) is 0 Å². The smallest absolute Gasteiger partial charge is 0.230 e. The Labute approximate surface area is 137 Å². The molecule has 23 heavy (non-hydrogen) atoms. The number of carbonyl (C=O) groups is 1. The van der Waals surface area contributed by atoms with Gasteiger partial charge in [-0.1, -0.05) is 18.2 Å². The minimum absolute atomic E-state index is 0.0180. The lowest BCUT2D eigenvalue weighted by Gasteiger charge is -2.03. The van der Waals surface area contributed by atoms with Crippen molar-refractivity contribution in [2.45, 2.75) is 13.3 Å². The lowest BCUT2D eigenvalue weighted by atomic mass is 10.1. The zero-order chi connectivity index (χ0) is 16.2. The Kier molecular flexibility index (Phi) is 4.43. The molecule has 0 aliphatic rings. The number of hydrogen-bond donors (Lipinski definition) is 1. The maximum atomic E-state index is 13.6. The molecule has 2 heterocycles. The number of pyridine rings is 1. The molecule has 0 saturated carbocycles. The summed E-state index contributed by atoms with van der Waals surface area (Å²) in [5.41, 5.74) is 2.13. The number of carbonyl (C=O) groups excluding carboxylic acids is 1. The Balaban J connectivity index is 1.74. The minimum Gasteiger partial charge on any atom is -0.302 e. The Bertz CT molecular complexity index is 833. The van der Waals surface area contributed by atoms with Crippen LogP contribution >= 0.6 is 11.3 Å². The van der Waals surface area contributed by atoms with Gasteiger partial charge in [0.25, 0.3) is 0 Å². The summed E-state index contributed by atoms with van der Waals surface area (Å²) < 4.78 is 13.6. The van der Waals surface area contributed by atoms with Crippen LogP contribution in [0.1, 0.15) is 10.4 Å². The van der Waals surface area contributed by atoms with Crippen LogP contribution in [0.25, 0.3) is 11.3 Å². The number of amides is 1. The largest absolute Gasteiger partial charge is 0.302 e. The molecule has 0 bridgehead atoms. The molecule has 1 N–H and O–H groups in total. The molecule has 1 aromatic carbocycles. The second kappa shape index (κ2) is 6.66. The number of aryl methyl sites for hydroxylation is 1. The Morgan fingerprint density at radius 1 is 1.22 bits per heavy atom. The fourth-order valence-corrected chi connectivity index (χ4v) is 3.06. The summed E-state index contributed by atoms with van der Waals surface area (Å²) >= 11 is 1.40. The second-order valence-corrected chi connectivity index (χ2v) is 6.18. The van der Waals surface area contributed by atoms with Gasteiger partial charge in [-0.25, -0.2) is 9.37 Å². The highest BCUT2D eigenvalue weighted by atomic mass is 32.1. The standard InChI is InChI=1S/C17H14FN3OS/c1-11-16(12-6-8-19-9-7-12)21-17(23-11)20-15(22)10-13-4-2-3-5-14(13)18/h2-9H,10H2,1H3,(H,20,21,22). The van der Waals surface area contributed by atoms with Gasteiger partial charge >= 0.3 is 0 Å². The summed E-state index contributed by atoms with van der Waals surface area (Å²) in [6.45, 7) is 1.94. The predicted molar refractivity (Wildman–Crippen MR) is 88.8 cm³/mol. The van der Waals surface area contributed by atoms with Crippen molar-refractivity contribution in [2.24, 2.45) is 0 Å². The number of benzene rings is 1. The van der Waals surface area contributed by atoms with Gasteiger partial charge in [-0.05, 0) is 30.7 Å². The zero-order valence-electron chi connectivity index (χ0n) is 12.4.